The molecule has 0 amide bonds. The van der Waals surface area contributed by atoms with Gasteiger partial charge < -0.3 is 4.98 Å². The second kappa shape index (κ2) is 5.93. The van der Waals surface area contributed by atoms with Crippen molar-refractivity contribution in [2.24, 2.45) is 0 Å². The summed E-state index contributed by atoms with van der Waals surface area (Å²) >= 11 is 0. The van der Waals surface area contributed by atoms with Gasteiger partial charge >= 0.3 is 19.5 Å². The predicted molar refractivity (Wildman–Crippen MR) is 53.0 cm³/mol. The van der Waals surface area contributed by atoms with Crippen LogP contribution in [0, 0.1) is 19.9 Å². The van der Waals surface area contributed by atoms with E-state index in [1.54, 1.807) is 0 Å². The number of H-pyrrole nitrogens is 1. The molecular weight excluding hydrogens is 247 g/mol. The summed E-state index contributed by atoms with van der Waals surface area (Å²) in [6, 6.07) is 3.23. The molecule has 1 rings (SSSR count). The molecule has 13 heavy (non-hydrogen) atoms. The molecule has 0 spiro atoms. The van der Waals surface area contributed by atoms with Gasteiger partial charge in [0.2, 0.25) is 0 Å². The van der Waals surface area contributed by atoms with Crippen LogP contribution < -0.4 is 0 Å². The fraction of sp³-hybridized carbons (Fsp3) is 0.273. The molecule has 0 aliphatic carbocycles. The summed E-state index contributed by atoms with van der Waals surface area (Å²) in [6.07, 6.45) is 8.09. The maximum absolute atomic E-state index is 3.23. The Morgan fingerprint density at radius 3 is 2.38 bits per heavy atom. The van der Waals surface area contributed by atoms with Gasteiger partial charge in [-0.05, 0) is 13.8 Å². The molecule has 0 bridgehead atoms. The van der Waals surface area contributed by atoms with Crippen LogP contribution in [0.5, 0.6) is 0 Å². The van der Waals surface area contributed by atoms with Crippen LogP contribution in [0.3, 0.4) is 0 Å². The Morgan fingerprint density at radius 1 is 1.23 bits per heavy atom. The van der Waals surface area contributed by atoms with Gasteiger partial charge in [0.15, 0.2) is 0 Å². The maximum Gasteiger partial charge on any atom is 1.00 e. The van der Waals surface area contributed by atoms with Crippen LogP contribution in [0.15, 0.2) is 18.2 Å². The smallest absolute Gasteiger partial charge is 0.425 e. The number of rotatable bonds is 2. The molecule has 1 N–H and O–H groups in total. The van der Waals surface area contributed by atoms with Crippen molar-refractivity contribution in [2.75, 3.05) is 0 Å². The van der Waals surface area contributed by atoms with Crippen LogP contribution in [0.1, 0.15) is 23.9 Å². The summed E-state index contributed by atoms with van der Waals surface area (Å²) in [4.78, 5) is 3.20. The van der Waals surface area contributed by atoms with E-state index in [9.17, 15) is 0 Å². The second-order valence-corrected chi connectivity index (χ2v) is 2.80. The van der Waals surface area contributed by atoms with Crippen molar-refractivity contribution >= 4 is 6.08 Å². The molecule has 1 heterocycles. The molecule has 1 aromatic rings. The van der Waals surface area contributed by atoms with Gasteiger partial charge in [0.1, 0.15) is 0 Å². The molecule has 1 aromatic heterocycles. The Bertz CT molecular complexity index is 308. The Balaban J connectivity index is 0.00000144. The molecule has 1 nitrogen and oxygen atoms in total. The van der Waals surface area contributed by atoms with Crippen molar-refractivity contribution in [3.8, 4) is 0 Å². The largest absolute Gasteiger partial charge is 1.00 e. The van der Waals surface area contributed by atoms with Crippen LogP contribution in [0.4, 0.5) is 0 Å². The van der Waals surface area contributed by atoms with Crippen LogP contribution in [-0.4, -0.2) is 4.98 Å². The molecular formula is C11H14NRu. The molecule has 1 radical (unpaired) electrons. The molecule has 0 aliphatic heterocycles. The first kappa shape index (κ1) is 12.4. The van der Waals surface area contributed by atoms with Crippen LogP contribution in [0.2, 0.25) is 0 Å². The quantitative estimate of drug-likeness (QED) is 0.478. The van der Waals surface area contributed by atoms with Crippen molar-refractivity contribution in [3.05, 3.63) is 41.2 Å². The third-order valence-electron chi connectivity index (χ3n) is 1.67. The van der Waals surface area contributed by atoms with Crippen molar-refractivity contribution < 1.29 is 19.5 Å². The first-order chi connectivity index (χ1) is 5.74. The van der Waals surface area contributed by atoms with Crippen molar-refractivity contribution in [3.63, 3.8) is 0 Å². The van der Waals surface area contributed by atoms with E-state index in [-0.39, 0.29) is 19.5 Å². The van der Waals surface area contributed by atoms with E-state index < -0.39 is 0 Å². The standard InChI is InChI=1S/C11H14N.Ru/c1-4-5-6-7-11-8-9(2)12-10(11)3;/h4-7,12H,1-3H3;/q-1;+1. The first-order valence-electron chi connectivity index (χ1n) is 4.12. The number of nitrogens with one attached hydrogen (secondary N) is 1. The number of hydrogen-bond donors (Lipinski definition) is 1. The summed E-state index contributed by atoms with van der Waals surface area (Å²) in [5.41, 5.74) is 3.41. The summed E-state index contributed by atoms with van der Waals surface area (Å²) in [5, 5.41) is 0. The molecule has 0 aromatic carbocycles. The van der Waals surface area contributed by atoms with Crippen molar-refractivity contribution in [2.45, 2.75) is 20.8 Å². The van der Waals surface area contributed by atoms with E-state index in [1.165, 1.54) is 5.69 Å². The zero-order chi connectivity index (χ0) is 8.97. The zero-order valence-corrected chi connectivity index (χ0v) is 9.90. The second-order valence-electron chi connectivity index (χ2n) is 2.80. The topological polar surface area (TPSA) is 15.8 Å². The summed E-state index contributed by atoms with van der Waals surface area (Å²) < 4.78 is 0. The van der Waals surface area contributed by atoms with Crippen LogP contribution >= 0.6 is 0 Å². The fourth-order valence-corrected chi connectivity index (χ4v) is 1.11. The summed E-state index contributed by atoms with van der Waals surface area (Å²) in [5.74, 6) is 0. The molecule has 0 atom stereocenters. The van der Waals surface area contributed by atoms with E-state index >= 15 is 0 Å². The van der Waals surface area contributed by atoms with Crippen molar-refractivity contribution in [1.82, 2.24) is 4.98 Å². The van der Waals surface area contributed by atoms with E-state index in [0.29, 0.717) is 0 Å². The third-order valence-corrected chi connectivity index (χ3v) is 1.67. The van der Waals surface area contributed by atoms with E-state index in [4.69, 9.17) is 0 Å². The number of aryl methyl sites for hydroxylation is 2. The van der Waals surface area contributed by atoms with Gasteiger partial charge in [-0.15, -0.1) is 6.08 Å². The predicted octanol–water partition coefficient (Wildman–Crippen LogP) is 3.02. The van der Waals surface area contributed by atoms with Crippen molar-refractivity contribution in [1.29, 1.82) is 0 Å². The van der Waals surface area contributed by atoms with E-state index in [0.717, 1.165) is 11.3 Å². The average Bonchev–Trinajstić information content (AvgIpc) is 2.31. The summed E-state index contributed by atoms with van der Waals surface area (Å²) in [7, 11) is 0. The Morgan fingerprint density at radius 2 is 1.92 bits per heavy atom. The molecule has 0 aliphatic rings. The molecule has 0 unspecified atom stereocenters. The minimum Gasteiger partial charge on any atom is -0.425 e. The first-order valence-corrected chi connectivity index (χ1v) is 4.12. The number of allylic oxidation sites excluding steroid dienone is 3. The normalized spacial score (nSPS) is 11.0. The number of aromatic amines is 1. The molecule has 2 heteroatoms. The third kappa shape index (κ3) is 3.73. The molecule has 0 fully saturated rings. The Labute approximate surface area is 92.7 Å². The van der Waals surface area contributed by atoms with Crippen LogP contribution in [-0.2, 0) is 19.5 Å². The summed E-state index contributed by atoms with van der Waals surface area (Å²) in [6.45, 7) is 6.07. The SMILES string of the molecule is CC=CC=Cc1[c-]c(C)[nH]c1C.[Ru+]. The van der Waals surface area contributed by atoms with Gasteiger partial charge in [-0.1, -0.05) is 30.5 Å². The van der Waals surface area contributed by atoms with Crippen LogP contribution in [0.25, 0.3) is 6.08 Å². The number of aromatic nitrogens is 1. The monoisotopic (exact) mass is 262 g/mol. The van der Waals surface area contributed by atoms with Gasteiger partial charge in [0.05, 0.1) is 0 Å². The Kier molecular flexibility index (Phi) is 5.65. The minimum atomic E-state index is 0. The van der Waals surface area contributed by atoms with E-state index in [2.05, 4.69) is 24.1 Å². The fourth-order valence-electron chi connectivity index (χ4n) is 1.11. The van der Waals surface area contributed by atoms with Gasteiger partial charge in [-0.25, -0.2) is 0 Å². The van der Waals surface area contributed by atoms with Gasteiger partial charge in [-0.3, -0.25) is 0 Å². The molecule has 71 valence electrons. The minimum absolute atomic E-state index is 0. The molecule has 0 saturated heterocycles. The maximum atomic E-state index is 3.23. The zero-order valence-electron chi connectivity index (χ0n) is 8.16. The van der Waals surface area contributed by atoms with Gasteiger partial charge in [0.25, 0.3) is 0 Å². The average molecular weight is 261 g/mol. The Hall–Kier alpha value is -0.617. The van der Waals surface area contributed by atoms with E-state index in [1.807, 2.05) is 32.1 Å². The van der Waals surface area contributed by atoms with Gasteiger partial charge in [0, 0.05) is 0 Å². The molecule has 0 saturated carbocycles. The van der Waals surface area contributed by atoms with Gasteiger partial charge in [-0.2, -0.15) is 17.7 Å². The number of hydrogen-bond acceptors (Lipinski definition) is 0.